The largest absolute Gasteiger partial charge is 0.395 e. The van der Waals surface area contributed by atoms with Gasteiger partial charge in [-0.1, -0.05) is 42.5 Å². The van der Waals surface area contributed by atoms with Crippen molar-refractivity contribution in [3.05, 3.63) is 78.5 Å². The maximum absolute atomic E-state index is 9.13. The van der Waals surface area contributed by atoms with Crippen LogP contribution >= 0.6 is 0 Å². The summed E-state index contributed by atoms with van der Waals surface area (Å²) in [5, 5.41) is 14.8. The molecule has 0 aliphatic carbocycles. The van der Waals surface area contributed by atoms with Crippen LogP contribution < -0.4 is 4.90 Å². The van der Waals surface area contributed by atoms with Crippen LogP contribution in [0.3, 0.4) is 0 Å². The normalized spacial score (nSPS) is 11.0. The molecular formula is C22H22N4O. The van der Waals surface area contributed by atoms with Gasteiger partial charge in [-0.3, -0.25) is 4.68 Å². The molecule has 0 amide bonds. The Labute approximate surface area is 158 Å². The van der Waals surface area contributed by atoms with Crippen LogP contribution in [0.1, 0.15) is 5.56 Å². The summed E-state index contributed by atoms with van der Waals surface area (Å²) in [5.41, 5.74) is 4.31. The molecule has 0 radical (unpaired) electrons. The summed E-state index contributed by atoms with van der Waals surface area (Å²) in [6, 6.07) is 22.6. The molecule has 136 valence electrons. The summed E-state index contributed by atoms with van der Waals surface area (Å²) in [4.78, 5) is 6.67. The minimum Gasteiger partial charge on any atom is -0.395 e. The predicted molar refractivity (Wildman–Crippen MR) is 109 cm³/mol. The molecular weight excluding hydrogens is 336 g/mol. The lowest BCUT2D eigenvalue weighted by Gasteiger charge is -2.17. The third-order valence-corrected chi connectivity index (χ3v) is 4.67. The predicted octanol–water partition coefficient (Wildman–Crippen LogP) is 3.58. The highest BCUT2D eigenvalue weighted by atomic mass is 16.3. The molecule has 0 saturated carbocycles. The summed E-state index contributed by atoms with van der Waals surface area (Å²) in [5.74, 6) is 0.849. The lowest BCUT2D eigenvalue weighted by atomic mass is 10.1. The van der Waals surface area contributed by atoms with E-state index in [0.717, 1.165) is 34.5 Å². The number of rotatable bonds is 6. The minimum atomic E-state index is 0.106. The molecule has 0 aliphatic rings. The first-order valence-corrected chi connectivity index (χ1v) is 9.03. The van der Waals surface area contributed by atoms with Gasteiger partial charge in [0, 0.05) is 24.5 Å². The van der Waals surface area contributed by atoms with Crippen molar-refractivity contribution in [2.75, 3.05) is 25.1 Å². The van der Waals surface area contributed by atoms with Crippen molar-refractivity contribution in [3.8, 4) is 11.3 Å². The number of aliphatic hydroxyl groups is 1. The molecule has 27 heavy (non-hydrogen) atoms. The van der Waals surface area contributed by atoms with Crippen LogP contribution in [0.2, 0.25) is 0 Å². The standard InChI is InChI=1S/C22H22N4O/c1-25(12-13-27)22-9-5-8-20(24-22)18-10-11-21-19(14-18)15-23-26(21)16-17-6-3-2-4-7-17/h2-11,14-15,27H,12-13,16H2,1H3. The fraction of sp³-hybridized carbons (Fsp3) is 0.182. The van der Waals surface area contributed by atoms with Gasteiger partial charge < -0.3 is 10.0 Å². The van der Waals surface area contributed by atoms with E-state index in [9.17, 15) is 0 Å². The summed E-state index contributed by atoms with van der Waals surface area (Å²) >= 11 is 0. The number of pyridine rings is 1. The van der Waals surface area contributed by atoms with Gasteiger partial charge in [-0.05, 0) is 29.8 Å². The number of benzene rings is 2. The summed E-state index contributed by atoms with van der Waals surface area (Å²) < 4.78 is 2.02. The molecule has 0 fully saturated rings. The summed E-state index contributed by atoms with van der Waals surface area (Å²) in [6.07, 6.45) is 1.91. The van der Waals surface area contributed by atoms with Gasteiger partial charge in [0.15, 0.2) is 0 Å². The highest BCUT2D eigenvalue weighted by Crippen LogP contribution is 2.25. The number of hydrogen-bond donors (Lipinski definition) is 1. The van der Waals surface area contributed by atoms with E-state index in [1.807, 2.05) is 59.2 Å². The average molecular weight is 358 g/mol. The molecule has 4 aromatic rings. The monoisotopic (exact) mass is 358 g/mol. The topological polar surface area (TPSA) is 54.2 Å². The van der Waals surface area contributed by atoms with Crippen molar-refractivity contribution < 1.29 is 5.11 Å². The van der Waals surface area contributed by atoms with E-state index in [1.165, 1.54) is 5.56 Å². The Morgan fingerprint density at radius 2 is 1.85 bits per heavy atom. The summed E-state index contributed by atoms with van der Waals surface area (Å²) in [7, 11) is 1.93. The molecule has 0 bridgehead atoms. The van der Waals surface area contributed by atoms with E-state index >= 15 is 0 Å². The quantitative estimate of drug-likeness (QED) is 0.572. The minimum absolute atomic E-state index is 0.106. The second-order valence-corrected chi connectivity index (χ2v) is 6.59. The molecule has 0 atom stereocenters. The number of nitrogens with zero attached hydrogens (tertiary/aromatic N) is 4. The van der Waals surface area contributed by atoms with Crippen LogP contribution in [-0.2, 0) is 6.54 Å². The molecule has 1 N–H and O–H groups in total. The van der Waals surface area contributed by atoms with E-state index in [1.54, 1.807) is 0 Å². The molecule has 5 nitrogen and oxygen atoms in total. The van der Waals surface area contributed by atoms with E-state index < -0.39 is 0 Å². The molecule has 0 spiro atoms. The van der Waals surface area contributed by atoms with Crippen molar-refractivity contribution in [1.29, 1.82) is 0 Å². The Morgan fingerprint density at radius 1 is 1.00 bits per heavy atom. The Morgan fingerprint density at radius 3 is 2.67 bits per heavy atom. The third kappa shape index (κ3) is 3.68. The van der Waals surface area contributed by atoms with Gasteiger partial charge in [-0.15, -0.1) is 0 Å². The zero-order valence-corrected chi connectivity index (χ0v) is 15.3. The molecule has 5 heteroatoms. The lowest BCUT2D eigenvalue weighted by molar-refractivity contribution is 0.304. The Hall–Kier alpha value is -3.18. The van der Waals surface area contributed by atoms with Gasteiger partial charge >= 0.3 is 0 Å². The molecule has 2 heterocycles. The van der Waals surface area contributed by atoms with Crippen LogP contribution in [0.5, 0.6) is 0 Å². The van der Waals surface area contributed by atoms with Crippen molar-refractivity contribution in [2.24, 2.45) is 0 Å². The number of aromatic nitrogens is 3. The fourth-order valence-electron chi connectivity index (χ4n) is 3.19. The number of anilines is 1. The Balaban J connectivity index is 1.64. The fourth-order valence-corrected chi connectivity index (χ4v) is 3.19. The van der Waals surface area contributed by atoms with Crippen molar-refractivity contribution in [1.82, 2.24) is 14.8 Å². The van der Waals surface area contributed by atoms with Gasteiger partial charge in [0.1, 0.15) is 5.82 Å². The zero-order chi connectivity index (χ0) is 18.6. The van der Waals surface area contributed by atoms with E-state index in [4.69, 9.17) is 10.1 Å². The van der Waals surface area contributed by atoms with E-state index in [0.29, 0.717) is 6.54 Å². The lowest BCUT2D eigenvalue weighted by Crippen LogP contribution is -2.22. The zero-order valence-electron chi connectivity index (χ0n) is 15.3. The smallest absolute Gasteiger partial charge is 0.129 e. The Kier molecular flexibility index (Phi) is 4.85. The van der Waals surface area contributed by atoms with E-state index in [2.05, 4.69) is 35.4 Å². The second-order valence-electron chi connectivity index (χ2n) is 6.59. The second kappa shape index (κ2) is 7.60. The maximum Gasteiger partial charge on any atom is 0.129 e. The van der Waals surface area contributed by atoms with Crippen LogP contribution in [0.15, 0.2) is 72.9 Å². The number of fused-ring (bicyclic) bond motifs is 1. The van der Waals surface area contributed by atoms with Gasteiger partial charge in [0.2, 0.25) is 0 Å². The van der Waals surface area contributed by atoms with Crippen LogP contribution in [-0.4, -0.2) is 40.1 Å². The first-order valence-electron chi connectivity index (χ1n) is 9.03. The van der Waals surface area contributed by atoms with Crippen LogP contribution in [0, 0.1) is 0 Å². The molecule has 4 rings (SSSR count). The molecule has 0 unspecified atom stereocenters. The van der Waals surface area contributed by atoms with E-state index in [-0.39, 0.29) is 6.61 Å². The SMILES string of the molecule is CN(CCO)c1cccc(-c2ccc3c(cnn3Cc3ccccc3)c2)n1. The first kappa shape index (κ1) is 17.2. The molecule has 0 aliphatic heterocycles. The molecule has 2 aromatic carbocycles. The van der Waals surface area contributed by atoms with Gasteiger partial charge in [-0.2, -0.15) is 5.10 Å². The van der Waals surface area contributed by atoms with Gasteiger partial charge in [-0.25, -0.2) is 4.98 Å². The first-order chi connectivity index (χ1) is 13.2. The van der Waals surface area contributed by atoms with Crippen molar-refractivity contribution >= 4 is 16.7 Å². The third-order valence-electron chi connectivity index (χ3n) is 4.67. The molecule has 2 aromatic heterocycles. The van der Waals surface area contributed by atoms with Gasteiger partial charge in [0.05, 0.1) is 30.6 Å². The number of likely N-dealkylation sites (N-methyl/N-ethyl adjacent to an activating group) is 1. The Bertz CT molecular complexity index is 1040. The van der Waals surface area contributed by atoms with Crippen LogP contribution in [0.25, 0.3) is 22.2 Å². The number of aliphatic hydroxyl groups excluding tert-OH is 1. The highest BCUT2D eigenvalue weighted by Gasteiger charge is 2.08. The van der Waals surface area contributed by atoms with Crippen molar-refractivity contribution in [3.63, 3.8) is 0 Å². The van der Waals surface area contributed by atoms with Crippen LogP contribution in [0.4, 0.5) is 5.82 Å². The average Bonchev–Trinajstić information content (AvgIpc) is 3.11. The molecule has 0 saturated heterocycles. The maximum atomic E-state index is 9.13. The highest BCUT2D eigenvalue weighted by molar-refractivity contribution is 5.84. The summed E-state index contributed by atoms with van der Waals surface area (Å²) in [6.45, 7) is 1.42. The number of hydrogen-bond acceptors (Lipinski definition) is 4. The van der Waals surface area contributed by atoms with Gasteiger partial charge in [0.25, 0.3) is 0 Å². The van der Waals surface area contributed by atoms with Crippen molar-refractivity contribution in [2.45, 2.75) is 6.54 Å².